The van der Waals surface area contributed by atoms with Crippen LogP contribution in [0.5, 0.6) is 0 Å². The van der Waals surface area contributed by atoms with E-state index in [1.54, 1.807) is 0 Å². The van der Waals surface area contributed by atoms with Gasteiger partial charge in [0, 0.05) is 101 Å². The minimum atomic E-state index is -4.90. The molecule has 2 aromatic heterocycles. The normalized spacial score (nSPS) is 21.5. The number of nitrogens with zero attached hydrogens (tertiary/aromatic N) is 2. The van der Waals surface area contributed by atoms with Gasteiger partial charge in [0.25, 0.3) is 0 Å². The average Bonchev–Trinajstić information content (AvgIpc) is 3.13. The molecule has 0 aromatic carbocycles. The summed E-state index contributed by atoms with van der Waals surface area (Å²) < 4.78 is 50.8. The number of rotatable bonds is 4. The van der Waals surface area contributed by atoms with Crippen LogP contribution in [0.25, 0.3) is 11.0 Å². The molecule has 0 saturated carbocycles. The first-order valence-corrected chi connectivity index (χ1v) is 8.00. The molecule has 1 aliphatic heterocycles. The van der Waals surface area contributed by atoms with Crippen molar-refractivity contribution in [1.82, 2.24) is 14.5 Å². The average molecular weight is 845 g/mol. The van der Waals surface area contributed by atoms with E-state index in [0.717, 1.165) is 10.8 Å². The minimum absolute atomic E-state index is 0. The maximum Gasteiger partial charge on any atom is 0.432 e. The molecule has 1 saturated heterocycles. The Labute approximate surface area is 233 Å². The van der Waals surface area contributed by atoms with Crippen LogP contribution in [0, 0.1) is 88.1 Å². The van der Waals surface area contributed by atoms with Gasteiger partial charge in [0.2, 0.25) is 0 Å². The number of ether oxygens (including phenoxy) is 2. The van der Waals surface area contributed by atoms with E-state index in [9.17, 15) is 27.9 Å². The van der Waals surface area contributed by atoms with Crippen molar-refractivity contribution in [2.75, 3.05) is 13.2 Å². The van der Waals surface area contributed by atoms with Gasteiger partial charge < -0.3 is 24.7 Å². The van der Waals surface area contributed by atoms with Crippen LogP contribution in [0.15, 0.2) is 11.0 Å². The first kappa shape index (κ1) is 27.5. The fraction of sp³-hybridized carbons (Fsp3) is 0.533. The largest absolute Gasteiger partial charge is 0.462 e. The smallest absolute Gasteiger partial charge is 0.432 e. The van der Waals surface area contributed by atoms with Crippen LogP contribution in [0.1, 0.15) is 35.6 Å². The second-order valence-electron chi connectivity index (χ2n) is 5.90. The van der Waals surface area contributed by atoms with Crippen LogP contribution in [0.3, 0.4) is 0 Å². The third-order valence-corrected chi connectivity index (χ3v) is 4.17. The summed E-state index contributed by atoms with van der Waals surface area (Å²) in [5, 5.41) is 18.7. The molecule has 3 unspecified atom stereocenters. The Morgan fingerprint density at radius 1 is 1.45 bits per heavy atom. The van der Waals surface area contributed by atoms with Crippen molar-refractivity contribution in [3.63, 3.8) is 0 Å². The van der Waals surface area contributed by atoms with Gasteiger partial charge in [-0.15, -0.1) is 0 Å². The third kappa shape index (κ3) is 5.63. The predicted molar refractivity (Wildman–Crippen MR) is 82.9 cm³/mol. The molecule has 154 valence electrons. The van der Waals surface area contributed by atoms with Crippen molar-refractivity contribution in [2.24, 2.45) is 0 Å². The Hall–Kier alpha value is 0.443. The topological polar surface area (TPSA) is 127 Å². The number of aliphatic hydroxyl groups is 2. The van der Waals surface area contributed by atoms with Gasteiger partial charge in [-0.3, -0.25) is 4.57 Å². The van der Waals surface area contributed by atoms with Crippen LogP contribution >= 0.6 is 0 Å². The van der Waals surface area contributed by atoms with E-state index < -0.39 is 59.8 Å². The molecule has 0 spiro atoms. The number of hydrogen-bond acceptors (Lipinski definition) is 7. The number of carbonyl (C=O) groups excluding carboxylic acids is 1. The zero-order valence-electron chi connectivity index (χ0n) is 15.1. The molecule has 9 nitrogen and oxygen atoms in total. The Morgan fingerprint density at radius 3 is 2.62 bits per heavy atom. The van der Waals surface area contributed by atoms with Crippen LogP contribution in [-0.2, 0) is 15.7 Å². The molecule has 14 heteroatoms. The van der Waals surface area contributed by atoms with Crippen LogP contribution in [0.2, 0.25) is 0 Å². The Bertz CT molecular complexity index is 932. The van der Waals surface area contributed by atoms with Gasteiger partial charge in [0.05, 0.1) is 24.7 Å². The molecular formula is C15H16Ac2F3N3O6. The van der Waals surface area contributed by atoms with E-state index in [2.05, 4.69) is 4.98 Å². The number of alkyl halides is 3. The number of aliphatic hydroxyl groups excluding tert-OH is 2. The second kappa shape index (κ2) is 10.8. The maximum atomic E-state index is 13.3. The van der Waals surface area contributed by atoms with Crippen molar-refractivity contribution in [3.05, 3.63) is 27.9 Å². The van der Waals surface area contributed by atoms with Crippen molar-refractivity contribution < 1.29 is 126 Å². The molecule has 2 aromatic rings. The minimum Gasteiger partial charge on any atom is -0.462 e. The summed E-state index contributed by atoms with van der Waals surface area (Å²) in [4.78, 5) is 29.8. The summed E-state index contributed by atoms with van der Waals surface area (Å²) in [7, 11) is 0. The van der Waals surface area contributed by atoms with Crippen LogP contribution < -0.4 is 5.69 Å². The van der Waals surface area contributed by atoms with Crippen molar-refractivity contribution in [1.29, 1.82) is 0 Å². The van der Waals surface area contributed by atoms with Gasteiger partial charge in [-0.05, 0) is 6.92 Å². The molecule has 3 heterocycles. The molecule has 2 radical (unpaired) electrons. The first-order valence-electron chi connectivity index (χ1n) is 8.00. The number of fused-ring (bicyclic) bond motifs is 1. The van der Waals surface area contributed by atoms with Crippen molar-refractivity contribution in [2.45, 2.75) is 38.0 Å². The fourth-order valence-corrected chi connectivity index (χ4v) is 2.95. The molecule has 0 amide bonds. The van der Waals surface area contributed by atoms with E-state index in [1.807, 2.05) is 4.98 Å². The van der Waals surface area contributed by atoms with Gasteiger partial charge in [0.1, 0.15) is 29.2 Å². The van der Waals surface area contributed by atoms with Gasteiger partial charge >= 0.3 is 17.8 Å². The standard InChI is InChI=1S/C15H16F3N3O6.2Ac/c1-2-26-13(24)10-6-4-21(9-3-7(23)8(5-22)27-9)14(25)20-12(6)19-11(10)15(16,17)18;;/h4,7-9,22-23H,2-3,5H2,1H3,(H,19,20,25);;. The number of nitrogens with one attached hydrogen (secondary N) is 1. The number of hydrogen-bond donors (Lipinski definition) is 3. The zero-order chi connectivity index (χ0) is 19.9. The summed E-state index contributed by atoms with van der Waals surface area (Å²) in [6, 6.07) is 0. The Kier molecular flexibility index (Phi) is 10.3. The molecule has 29 heavy (non-hydrogen) atoms. The van der Waals surface area contributed by atoms with Crippen molar-refractivity contribution >= 4 is 17.0 Å². The summed E-state index contributed by atoms with van der Waals surface area (Å²) >= 11 is 0. The SMILES string of the molecule is CCOC(=O)c1c(C(F)(F)F)[nH]c2nc(=O)n(C3CC(O)C(CO)O3)cc12.[Ac].[Ac]. The predicted octanol–water partition coefficient (Wildman–Crippen LogP) is 0.561. The van der Waals surface area contributed by atoms with Gasteiger partial charge in [-0.2, -0.15) is 18.2 Å². The molecule has 3 rings (SSSR count). The zero-order valence-corrected chi connectivity index (χ0v) is 24.6. The molecule has 0 bridgehead atoms. The summed E-state index contributed by atoms with van der Waals surface area (Å²) in [5.41, 5.74) is -3.54. The number of H-pyrrole nitrogens is 1. The van der Waals surface area contributed by atoms with Crippen LogP contribution in [-0.4, -0.2) is 56.1 Å². The third-order valence-electron chi connectivity index (χ3n) is 4.17. The van der Waals surface area contributed by atoms with Gasteiger partial charge in [-0.25, -0.2) is 9.59 Å². The van der Waals surface area contributed by atoms with Crippen LogP contribution in [0.4, 0.5) is 13.2 Å². The number of halogens is 3. The summed E-state index contributed by atoms with van der Waals surface area (Å²) in [6.07, 6.45) is -7.05. The molecule has 3 N–H and O–H groups in total. The quantitative estimate of drug-likeness (QED) is 0.385. The first-order chi connectivity index (χ1) is 12.7. The van der Waals surface area contributed by atoms with E-state index in [1.165, 1.54) is 6.92 Å². The molecule has 1 fully saturated rings. The van der Waals surface area contributed by atoms with E-state index >= 15 is 0 Å². The monoisotopic (exact) mass is 845 g/mol. The van der Waals surface area contributed by atoms with E-state index in [-0.39, 0.29) is 107 Å². The number of aromatic nitrogens is 3. The number of esters is 1. The molecular weight excluding hydrogens is 829 g/mol. The molecule has 0 aliphatic carbocycles. The Balaban J connectivity index is 0.00000210. The number of aromatic amines is 1. The molecule has 3 atom stereocenters. The molecule has 1 aliphatic rings. The van der Waals surface area contributed by atoms with E-state index in [4.69, 9.17) is 14.6 Å². The second-order valence-corrected chi connectivity index (χ2v) is 5.90. The summed E-state index contributed by atoms with van der Waals surface area (Å²) in [6.45, 7) is 0.793. The fourth-order valence-electron chi connectivity index (χ4n) is 2.95. The summed E-state index contributed by atoms with van der Waals surface area (Å²) in [5.74, 6) is -1.22. The van der Waals surface area contributed by atoms with Gasteiger partial charge in [-0.1, -0.05) is 0 Å². The van der Waals surface area contributed by atoms with Gasteiger partial charge in [0.15, 0.2) is 0 Å². The van der Waals surface area contributed by atoms with E-state index in [0.29, 0.717) is 0 Å². The Morgan fingerprint density at radius 2 is 2.10 bits per heavy atom. The maximum absolute atomic E-state index is 13.3. The number of carbonyl (C=O) groups is 1. The van der Waals surface area contributed by atoms with Crippen molar-refractivity contribution in [3.8, 4) is 0 Å².